The fourth-order valence-electron chi connectivity index (χ4n) is 2.28. The minimum atomic E-state index is -0.507. The largest absolute Gasteiger partial charge is 0.378 e. The molecule has 1 saturated heterocycles. The van der Waals surface area contributed by atoms with Crippen LogP contribution in [0.25, 0.3) is 11.3 Å². The molecule has 1 aliphatic rings. The van der Waals surface area contributed by atoms with Gasteiger partial charge < -0.3 is 9.64 Å². The lowest BCUT2D eigenvalue weighted by Gasteiger charge is -2.28. The van der Waals surface area contributed by atoms with Crippen LogP contribution in [0.4, 0.5) is 10.2 Å². The van der Waals surface area contributed by atoms with Crippen molar-refractivity contribution >= 4 is 29.0 Å². The summed E-state index contributed by atoms with van der Waals surface area (Å²) in [5.41, 5.74) is 0.823. The molecule has 0 unspecified atom stereocenters. The molecule has 21 heavy (non-hydrogen) atoms. The number of aromatic nitrogens is 1. The maximum absolute atomic E-state index is 14.2. The Balaban J connectivity index is 1.99. The summed E-state index contributed by atoms with van der Waals surface area (Å²) in [6, 6.07) is 8.41. The van der Waals surface area contributed by atoms with Gasteiger partial charge in [-0.15, -0.1) is 0 Å². The normalized spacial score (nSPS) is 15.3. The first kappa shape index (κ1) is 14.6. The highest BCUT2D eigenvalue weighted by molar-refractivity contribution is 6.35. The predicted octanol–water partition coefficient (Wildman–Crippen LogP) is 4.03. The molecule has 1 aliphatic heterocycles. The topological polar surface area (TPSA) is 25.4 Å². The van der Waals surface area contributed by atoms with Crippen molar-refractivity contribution in [3.05, 3.63) is 46.2 Å². The van der Waals surface area contributed by atoms with Gasteiger partial charge in [0, 0.05) is 23.7 Å². The van der Waals surface area contributed by atoms with Crippen molar-refractivity contribution in [1.29, 1.82) is 0 Å². The van der Waals surface area contributed by atoms with Crippen molar-refractivity contribution in [3.63, 3.8) is 0 Å². The monoisotopic (exact) mass is 326 g/mol. The Morgan fingerprint density at radius 1 is 1.14 bits per heavy atom. The maximum Gasteiger partial charge on any atom is 0.151 e. The number of pyridine rings is 1. The Labute approximate surface area is 132 Å². The van der Waals surface area contributed by atoms with Gasteiger partial charge in [0.25, 0.3) is 0 Å². The van der Waals surface area contributed by atoms with Gasteiger partial charge in [0.15, 0.2) is 5.82 Å². The van der Waals surface area contributed by atoms with Crippen LogP contribution in [0.1, 0.15) is 0 Å². The number of hydrogen-bond donors (Lipinski definition) is 0. The third-order valence-corrected chi connectivity index (χ3v) is 3.83. The molecule has 3 nitrogen and oxygen atoms in total. The predicted molar refractivity (Wildman–Crippen MR) is 82.7 cm³/mol. The van der Waals surface area contributed by atoms with E-state index in [9.17, 15) is 4.39 Å². The van der Waals surface area contributed by atoms with Gasteiger partial charge in [0.05, 0.1) is 23.9 Å². The zero-order valence-corrected chi connectivity index (χ0v) is 12.7. The van der Waals surface area contributed by atoms with E-state index in [0.717, 1.165) is 18.9 Å². The fraction of sp³-hybridized carbons (Fsp3) is 0.267. The number of hydrogen-bond acceptors (Lipinski definition) is 3. The SMILES string of the molecule is Fc1c(Cl)cc(Cl)cc1-c1cccc(N2CCOCC2)n1. The number of benzene rings is 1. The molecule has 1 fully saturated rings. The van der Waals surface area contributed by atoms with E-state index in [2.05, 4.69) is 9.88 Å². The highest BCUT2D eigenvalue weighted by atomic mass is 35.5. The van der Waals surface area contributed by atoms with Crippen LogP contribution in [0.3, 0.4) is 0 Å². The van der Waals surface area contributed by atoms with Crippen LogP contribution in [0, 0.1) is 5.82 Å². The van der Waals surface area contributed by atoms with Gasteiger partial charge >= 0.3 is 0 Å². The Kier molecular flexibility index (Phi) is 4.29. The van der Waals surface area contributed by atoms with Crippen molar-refractivity contribution in [1.82, 2.24) is 4.98 Å². The number of nitrogens with zero attached hydrogens (tertiary/aromatic N) is 2. The lowest BCUT2D eigenvalue weighted by atomic mass is 10.1. The zero-order chi connectivity index (χ0) is 14.8. The molecule has 0 N–H and O–H groups in total. The van der Waals surface area contributed by atoms with Crippen molar-refractivity contribution in [2.75, 3.05) is 31.2 Å². The molecule has 0 amide bonds. The number of halogens is 3. The van der Waals surface area contributed by atoms with Gasteiger partial charge in [0.2, 0.25) is 0 Å². The van der Waals surface area contributed by atoms with E-state index in [1.807, 2.05) is 12.1 Å². The first-order valence-electron chi connectivity index (χ1n) is 6.60. The first-order chi connectivity index (χ1) is 10.1. The minimum absolute atomic E-state index is 0.00363. The molecule has 2 aromatic rings. The molecule has 0 saturated carbocycles. The van der Waals surface area contributed by atoms with Crippen LogP contribution in [0.2, 0.25) is 10.0 Å². The molecule has 110 valence electrons. The van der Waals surface area contributed by atoms with Gasteiger partial charge in [-0.3, -0.25) is 0 Å². The maximum atomic E-state index is 14.2. The molecule has 3 rings (SSSR count). The van der Waals surface area contributed by atoms with Gasteiger partial charge in [-0.1, -0.05) is 29.3 Å². The summed E-state index contributed by atoms with van der Waals surface area (Å²) in [5, 5.41) is 0.381. The number of ether oxygens (including phenoxy) is 1. The second-order valence-electron chi connectivity index (χ2n) is 4.73. The second kappa shape index (κ2) is 6.18. The third kappa shape index (κ3) is 3.12. The molecular weight excluding hydrogens is 314 g/mol. The average molecular weight is 327 g/mol. The van der Waals surface area contributed by atoms with Crippen LogP contribution < -0.4 is 4.90 Å². The van der Waals surface area contributed by atoms with Crippen LogP contribution >= 0.6 is 23.2 Å². The second-order valence-corrected chi connectivity index (χ2v) is 5.57. The molecule has 2 heterocycles. The van der Waals surface area contributed by atoms with Gasteiger partial charge in [-0.05, 0) is 24.3 Å². The molecule has 0 radical (unpaired) electrons. The summed E-state index contributed by atoms with van der Waals surface area (Å²) in [5.74, 6) is 0.291. The molecule has 1 aromatic heterocycles. The van der Waals surface area contributed by atoms with E-state index in [-0.39, 0.29) is 5.02 Å². The standard InChI is InChI=1S/C15H13Cl2FN2O/c16-10-8-11(15(18)12(17)9-10)13-2-1-3-14(19-13)20-4-6-21-7-5-20/h1-3,8-9H,4-7H2. The lowest BCUT2D eigenvalue weighted by molar-refractivity contribution is 0.122. The summed E-state index contributed by atoms with van der Waals surface area (Å²) in [6.45, 7) is 2.89. The highest BCUT2D eigenvalue weighted by Gasteiger charge is 2.16. The third-order valence-electron chi connectivity index (χ3n) is 3.34. The summed E-state index contributed by atoms with van der Waals surface area (Å²) < 4.78 is 19.5. The van der Waals surface area contributed by atoms with E-state index < -0.39 is 5.82 Å². The van der Waals surface area contributed by atoms with Crippen molar-refractivity contribution in [2.24, 2.45) is 0 Å². The van der Waals surface area contributed by atoms with Crippen molar-refractivity contribution in [2.45, 2.75) is 0 Å². The van der Waals surface area contributed by atoms with E-state index in [1.54, 1.807) is 6.07 Å². The van der Waals surface area contributed by atoms with Crippen molar-refractivity contribution in [3.8, 4) is 11.3 Å². The molecule has 0 spiro atoms. The highest BCUT2D eigenvalue weighted by Crippen LogP contribution is 2.31. The molecule has 6 heteroatoms. The van der Waals surface area contributed by atoms with Crippen LogP contribution in [-0.2, 0) is 4.74 Å². The average Bonchev–Trinajstić information content (AvgIpc) is 2.52. The fourth-order valence-corrected chi connectivity index (χ4v) is 2.78. The molecule has 0 bridgehead atoms. The van der Waals surface area contributed by atoms with Crippen LogP contribution in [-0.4, -0.2) is 31.3 Å². The van der Waals surface area contributed by atoms with Crippen molar-refractivity contribution < 1.29 is 9.13 Å². The quantitative estimate of drug-likeness (QED) is 0.779. The molecular formula is C15H13Cl2FN2O. The Morgan fingerprint density at radius 3 is 2.67 bits per heavy atom. The van der Waals surface area contributed by atoms with E-state index >= 15 is 0 Å². The van der Waals surface area contributed by atoms with E-state index in [4.69, 9.17) is 27.9 Å². The lowest BCUT2D eigenvalue weighted by Crippen LogP contribution is -2.36. The number of morpholine rings is 1. The summed E-state index contributed by atoms with van der Waals surface area (Å²) in [7, 11) is 0. The number of rotatable bonds is 2. The molecule has 0 atom stereocenters. The van der Waals surface area contributed by atoms with E-state index in [0.29, 0.717) is 29.5 Å². The molecule has 1 aromatic carbocycles. The van der Waals surface area contributed by atoms with Crippen LogP contribution in [0.5, 0.6) is 0 Å². The summed E-state index contributed by atoms with van der Waals surface area (Å²) in [6.07, 6.45) is 0. The Hall–Kier alpha value is -1.36. The summed E-state index contributed by atoms with van der Waals surface area (Å²) >= 11 is 11.8. The minimum Gasteiger partial charge on any atom is -0.378 e. The number of anilines is 1. The summed E-state index contributed by atoms with van der Waals surface area (Å²) in [4.78, 5) is 6.63. The van der Waals surface area contributed by atoms with Gasteiger partial charge in [0.1, 0.15) is 5.82 Å². The Morgan fingerprint density at radius 2 is 1.90 bits per heavy atom. The molecule has 0 aliphatic carbocycles. The smallest absolute Gasteiger partial charge is 0.151 e. The Bertz CT molecular complexity index is 660. The van der Waals surface area contributed by atoms with E-state index in [1.165, 1.54) is 12.1 Å². The first-order valence-corrected chi connectivity index (χ1v) is 7.35. The van der Waals surface area contributed by atoms with Gasteiger partial charge in [-0.25, -0.2) is 9.37 Å². The zero-order valence-electron chi connectivity index (χ0n) is 11.2. The van der Waals surface area contributed by atoms with Gasteiger partial charge in [-0.2, -0.15) is 0 Å². The van der Waals surface area contributed by atoms with Crippen LogP contribution in [0.15, 0.2) is 30.3 Å².